The molecule has 3 aromatic rings. The molecule has 0 amide bonds. The van der Waals surface area contributed by atoms with Gasteiger partial charge in [-0.25, -0.2) is 0 Å². The van der Waals surface area contributed by atoms with E-state index < -0.39 is 16.8 Å². The molecule has 0 spiro atoms. The SMILES string of the molecule is NCC1CCCCC1(O)c1ccc(Cl)c(Cl)c1.NCC1CCCCC1(O)c1ccc(Cl)c(Cl)c1.NC[C@H]1CCCC[C@]1(O)c1ccc(Cl)c(Cl)c1. The summed E-state index contributed by atoms with van der Waals surface area (Å²) in [7, 11) is 0. The Kier molecular flexibility index (Phi) is 16.1. The Hall–Kier alpha value is -0.840. The summed E-state index contributed by atoms with van der Waals surface area (Å²) < 4.78 is 0. The molecule has 3 aromatic carbocycles. The summed E-state index contributed by atoms with van der Waals surface area (Å²) in [6.07, 6.45) is 11.6. The minimum absolute atomic E-state index is 0.105. The Labute approximate surface area is 332 Å². The zero-order valence-corrected chi connectivity index (χ0v) is 33.4. The molecule has 0 radical (unpaired) electrons. The molecule has 0 aliphatic heterocycles. The highest BCUT2D eigenvalue weighted by atomic mass is 35.5. The fraction of sp³-hybridized carbons (Fsp3) is 0.538. The first-order chi connectivity index (χ1) is 24.2. The van der Waals surface area contributed by atoms with Crippen molar-refractivity contribution < 1.29 is 15.3 Å². The molecule has 51 heavy (non-hydrogen) atoms. The second-order valence-corrected chi connectivity index (χ2v) is 16.6. The molecule has 3 aliphatic carbocycles. The third-order valence-electron chi connectivity index (χ3n) is 11.2. The van der Waals surface area contributed by atoms with E-state index in [4.69, 9.17) is 86.8 Å². The van der Waals surface area contributed by atoms with Gasteiger partial charge in [-0.1, -0.05) is 126 Å². The van der Waals surface area contributed by atoms with Crippen molar-refractivity contribution in [1.29, 1.82) is 0 Å². The lowest BCUT2D eigenvalue weighted by molar-refractivity contribution is -0.0508. The number of hydrogen-bond donors (Lipinski definition) is 6. The van der Waals surface area contributed by atoms with E-state index in [-0.39, 0.29) is 17.8 Å². The molecule has 6 atom stereocenters. The van der Waals surface area contributed by atoms with Gasteiger partial charge in [-0.3, -0.25) is 0 Å². The smallest absolute Gasteiger partial charge is 0.0937 e. The lowest BCUT2D eigenvalue weighted by atomic mass is 9.71. The summed E-state index contributed by atoms with van der Waals surface area (Å²) in [4.78, 5) is 0. The molecule has 0 heterocycles. The Morgan fingerprint density at radius 1 is 0.431 bits per heavy atom. The van der Waals surface area contributed by atoms with E-state index in [9.17, 15) is 15.3 Å². The molecule has 3 saturated carbocycles. The lowest BCUT2D eigenvalue weighted by Crippen LogP contribution is -2.41. The van der Waals surface area contributed by atoms with Crippen LogP contribution in [0.5, 0.6) is 0 Å². The third kappa shape index (κ3) is 10.1. The molecule has 0 aromatic heterocycles. The number of halogens is 6. The summed E-state index contributed by atoms with van der Waals surface area (Å²) >= 11 is 35.7. The summed E-state index contributed by atoms with van der Waals surface area (Å²) in [5, 5.41) is 35.5. The van der Waals surface area contributed by atoms with Gasteiger partial charge in [-0.05, 0) is 111 Å². The summed E-state index contributed by atoms with van der Waals surface area (Å²) in [5.74, 6) is 0.315. The van der Waals surface area contributed by atoms with Crippen molar-refractivity contribution in [2.75, 3.05) is 19.6 Å². The number of aliphatic hydroxyl groups is 3. The number of benzene rings is 3. The second-order valence-electron chi connectivity index (χ2n) is 14.2. The van der Waals surface area contributed by atoms with Crippen LogP contribution in [0.1, 0.15) is 93.7 Å². The molecule has 6 nitrogen and oxygen atoms in total. The van der Waals surface area contributed by atoms with Gasteiger partial charge in [0.25, 0.3) is 0 Å². The zero-order valence-electron chi connectivity index (χ0n) is 28.9. The summed E-state index contributed by atoms with van der Waals surface area (Å²) in [6.45, 7) is 1.49. The van der Waals surface area contributed by atoms with Gasteiger partial charge in [0.2, 0.25) is 0 Å². The van der Waals surface area contributed by atoms with Gasteiger partial charge in [0.15, 0.2) is 0 Å². The maximum absolute atomic E-state index is 10.8. The van der Waals surface area contributed by atoms with Crippen molar-refractivity contribution in [3.8, 4) is 0 Å². The maximum atomic E-state index is 10.8. The molecule has 6 rings (SSSR count). The van der Waals surface area contributed by atoms with E-state index in [2.05, 4.69) is 0 Å². The van der Waals surface area contributed by atoms with Gasteiger partial charge in [0.05, 0.1) is 46.9 Å². The Balaban J connectivity index is 0.000000172. The number of rotatable bonds is 6. The number of hydrogen-bond acceptors (Lipinski definition) is 6. The first kappa shape index (κ1) is 42.9. The predicted octanol–water partition coefficient (Wildman–Crippen LogP) is 9.99. The average Bonchev–Trinajstić information content (AvgIpc) is 3.12. The molecule has 3 aliphatic rings. The lowest BCUT2D eigenvalue weighted by Gasteiger charge is -2.40. The van der Waals surface area contributed by atoms with Crippen LogP contribution < -0.4 is 17.2 Å². The molecule has 3 fully saturated rings. The summed E-state index contributed by atoms with van der Waals surface area (Å²) in [6, 6.07) is 16.0. The first-order valence-electron chi connectivity index (χ1n) is 17.9. The van der Waals surface area contributed by atoms with Crippen LogP contribution in [-0.2, 0) is 16.8 Å². The van der Waals surface area contributed by atoms with Crippen molar-refractivity contribution in [2.24, 2.45) is 35.0 Å². The molecule has 12 heteroatoms. The topological polar surface area (TPSA) is 139 Å². The normalized spacial score (nSPS) is 29.3. The van der Waals surface area contributed by atoms with Gasteiger partial charge in [-0.2, -0.15) is 0 Å². The van der Waals surface area contributed by atoms with Crippen molar-refractivity contribution in [1.82, 2.24) is 0 Å². The minimum Gasteiger partial charge on any atom is -0.385 e. The van der Waals surface area contributed by atoms with E-state index >= 15 is 0 Å². The molecule has 9 N–H and O–H groups in total. The molecular formula is C39H51Cl6N3O3. The van der Waals surface area contributed by atoms with Crippen LogP contribution >= 0.6 is 69.6 Å². The Morgan fingerprint density at radius 2 is 0.686 bits per heavy atom. The van der Waals surface area contributed by atoms with Crippen LogP contribution in [0.3, 0.4) is 0 Å². The van der Waals surface area contributed by atoms with Crippen molar-refractivity contribution in [2.45, 2.75) is 93.9 Å². The molecule has 282 valence electrons. The molecular weight excluding hydrogens is 771 g/mol. The zero-order chi connectivity index (χ0) is 37.4. The fourth-order valence-corrected chi connectivity index (χ4v) is 8.95. The summed E-state index contributed by atoms with van der Waals surface area (Å²) in [5.41, 5.74) is 17.3. The predicted molar refractivity (Wildman–Crippen MR) is 214 cm³/mol. The van der Waals surface area contributed by atoms with E-state index in [1.165, 1.54) is 0 Å². The van der Waals surface area contributed by atoms with Gasteiger partial charge >= 0.3 is 0 Å². The largest absolute Gasteiger partial charge is 0.385 e. The van der Waals surface area contributed by atoms with Crippen molar-refractivity contribution in [3.63, 3.8) is 0 Å². The minimum atomic E-state index is -0.846. The van der Waals surface area contributed by atoms with Crippen LogP contribution in [0.4, 0.5) is 0 Å². The maximum Gasteiger partial charge on any atom is 0.0937 e. The molecule has 0 saturated heterocycles. The van der Waals surface area contributed by atoms with Crippen LogP contribution in [0.2, 0.25) is 30.1 Å². The van der Waals surface area contributed by atoms with Crippen molar-refractivity contribution in [3.05, 3.63) is 101 Å². The Bertz CT molecular complexity index is 1420. The second kappa shape index (κ2) is 19.2. The van der Waals surface area contributed by atoms with Gasteiger partial charge in [0.1, 0.15) is 0 Å². The highest BCUT2D eigenvalue weighted by Crippen LogP contribution is 2.45. The van der Waals surface area contributed by atoms with E-state index in [1.807, 2.05) is 18.2 Å². The fourth-order valence-electron chi connectivity index (χ4n) is 8.06. The molecule has 0 bridgehead atoms. The molecule has 4 unspecified atom stereocenters. The van der Waals surface area contributed by atoms with Crippen molar-refractivity contribution >= 4 is 69.6 Å². The van der Waals surface area contributed by atoms with Gasteiger partial charge in [0, 0.05) is 17.8 Å². The van der Waals surface area contributed by atoms with Crippen LogP contribution in [0.15, 0.2) is 54.6 Å². The highest BCUT2D eigenvalue weighted by Gasteiger charge is 2.41. The van der Waals surface area contributed by atoms with Crippen LogP contribution in [-0.4, -0.2) is 35.0 Å². The first-order valence-corrected chi connectivity index (χ1v) is 20.1. The van der Waals surface area contributed by atoms with Crippen LogP contribution in [0.25, 0.3) is 0 Å². The standard InChI is InChI=1S/3C13H17Cl2NO/c3*14-11-5-4-9(7-12(11)15)13(17)6-2-1-3-10(13)8-16/h3*4-5,7,10,17H,1-3,6,8,16H2/t10-,13+;;/m1../s1. The van der Waals surface area contributed by atoms with E-state index in [0.717, 1.165) is 93.7 Å². The van der Waals surface area contributed by atoms with E-state index in [0.29, 0.717) is 49.8 Å². The average molecular weight is 823 g/mol. The van der Waals surface area contributed by atoms with Crippen LogP contribution in [0, 0.1) is 17.8 Å². The third-order valence-corrected chi connectivity index (χ3v) is 13.4. The van der Waals surface area contributed by atoms with Gasteiger partial charge < -0.3 is 32.5 Å². The number of nitrogens with two attached hydrogens (primary N) is 3. The monoisotopic (exact) mass is 819 g/mol. The van der Waals surface area contributed by atoms with E-state index in [1.54, 1.807) is 36.4 Å². The quantitative estimate of drug-likeness (QED) is 0.146. The highest BCUT2D eigenvalue weighted by molar-refractivity contribution is 6.43. The Morgan fingerprint density at radius 3 is 0.902 bits per heavy atom. The van der Waals surface area contributed by atoms with Gasteiger partial charge in [-0.15, -0.1) is 0 Å².